The van der Waals surface area contributed by atoms with Gasteiger partial charge in [0, 0.05) is 0 Å². The second kappa shape index (κ2) is 9.82. The molecule has 0 fully saturated rings. The number of carbonyl (C=O) groups excluding carboxylic acids is 2. The molecule has 0 radical (unpaired) electrons. The molecule has 0 aromatic heterocycles. The summed E-state index contributed by atoms with van der Waals surface area (Å²) in [5.74, 6) is -1.03. The van der Waals surface area contributed by atoms with Gasteiger partial charge in [0.05, 0.1) is 13.2 Å². The summed E-state index contributed by atoms with van der Waals surface area (Å²) in [6.45, 7) is 7.62. The van der Waals surface area contributed by atoms with Crippen molar-refractivity contribution in [3.05, 3.63) is 0 Å². The molecule has 0 aliphatic heterocycles. The van der Waals surface area contributed by atoms with E-state index in [1.807, 2.05) is 0 Å². The zero-order chi connectivity index (χ0) is 14.7. The van der Waals surface area contributed by atoms with Gasteiger partial charge in [-0.1, -0.05) is 39.0 Å². The molecule has 0 unspecified atom stereocenters. The molecule has 0 aromatic rings. The van der Waals surface area contributed by atoms with Crippen molar-refractivity contribution in [2.75, 3.05) is 13.2 Å². The van der Waals surface area contributed by atoms with Crippen molar-refractivity contribution in [1.29, 1.82) is 0 Å². The van der Waals surface area contributed by atoms with Gasteiger partial charge in [0.1, 0.15) is 0 Å². The molecule has 0 atom stereocenters. The third-order valence-corrected chi connectivity index (χ3v) is 3.03. The van der Waals surface area contributed by atoms with E-state index in [0.29, 0.717) is 6.61 Å². The van der Waals surface area contributed by atoms with Crippen LogP contribution in [0.3, 0.4) is 0 Å². The molecule has 0 saturated carbocycles. The van der Waals surface area contributed by atoms with Crippen molar-refractivity contribution in [2.45, 2.75) is 66.2 Å². The van der Waals surface area contributed by atoms with E-state index in [4.69, 9.17) is 9.47 Å². The van der Waals surface area contributed by atoms with Gasteiger partial charge in [-0.15, -0.1) is 0 Å². The van der Waals surface area contributed by atoms with Gasteiger partial charge >= 0.3 is 11.9 Å². The summed E-state index contributed by atoms with van der Waals surface area (Å²) in [4.78, 5) is 23.4. The molecule has 0 amide bonds. The number of hydrogen-bond donors (Lipinski definition) is 0. The first-order valence-corrected chi connectivity index (χ1v) is 7.31. The van der Waals surface area contributed by atoms with Crippen molar-refractivity contribution in [2.24, 2.45) is 5.41 Å². The van der Waals surface area contributed by atoms with Gasteiger partial charge in [0.25, 0.3) is 0 Å². The fraction of sp³-hybridized carbons (Fsp3) is 0.867. The van der Waals surface area contributed by atoms with Gasteiger partial charge in [0.15, 0.2) is 5.41 Å². The van der Waals surface area contributed by atoms with Gasteiger partial charge in [0.2, 0.25) is 0 Å². The number of esters is 2. The Labute approximate surface area is 116 Å². The molecule has 0 bridgehead atoms. The van der Waals surface area contributed by atoms with E-state index in [-0.39, 0.29) is 6.61 Å². The Kier molecular flexibility index (Phi) is 9.27. The fourth-order valence-corrected chi connectivity index (χ4v) is 1.62. The molecule has 0 heterocycles. The first-order valence-electron chi connectivity index (χ1n) is 7.31. The van der Waals surface area contributed by atoms with E-state index in [0.717, 1.165) is 12.8 Å². The van der Waals surface area contributed by atoms with Crippen LogP contribution in [0.1, 0.15) is 66.2 Å². The second-order valence-electron chi connectivity index (χ2n) is 5.25. The van der Waals surface area contributed by atoms with E-state index >= 15 is 0 Å². The summed E-state index contributed by atoms with van der Waals surface area (Å²) in [6, 6.07) is 0. The smallest absolute Gasteiger partial charge is 0.322 e. The molecule has 0 saturated heterocycles. The quantitative estimate of drug-likeness (QED) is 0.347. The predicted molar refractivity (Wildman–Crippen MR) is 74.7 cm³/mol. The molecular weight excluding hydrogens is 244 g/mol. The van der Waals surface area contributed by atoms with Crippen LogP contribution in [0.5, 0.6) is 0 Å². The minimum absolute atomic E-state index is 0.271. The van der Waals surface area contributed by atoms with Crippen LogP contribution in [0.25, 0.3) is 0 Å². The van der Waals surface area contributed by atoms with Gasteiger partial charge in [-0.2, -0.15) is 0 Å². The van der Waals surface area contributed by atoms with E-state index in [1.165, 1.54) is 39.5 Å². The highest BCUT2D eigenvalue weighted by Gasteiger charge is 2.39. The SMILES string of the molecule is CCCCCCCCOC(=O)C(C)(C)C(=O)OCC. The summed E-state index contributed by atoms with van der Waals surface area (Å²) in [5, 5.41) is 0. The molecule has 0 spiro atoms. The highest BCUT2D eigenvalue weighted by Crippen LogP contribution is 2.20. The number of unbranched alkanes of at least 4 members (excludes halogenated alkanes) is 5. The summed E-state index contributed by atoms with van der Waals surface area (Å²) in [5.41, 5.74) is -1.21. The average Bonchev–Trinajstić information content (AvgIpc) is 2.37. The molecule has 0 aliphatic carbocycles. The largest absolute Gasteiger partial charge is 0.465 e. The Bertz CT molecular complexity index is 271. The molecule has 4 nitrogen and oxygen atoms in total. The molecule has 0 rings (SSSR count). The number of carbonyl (C=O) groups is 2. The first-order chi connectivity index (χ1) is 8.96. The maximum atomic E-state index is 11.8. The molecule has 112 valence electrons. The zero-order valence-electron chi connectivity index (χ0n) is 12.8. The maximum Gasteiger partial charge on any atom is 0.322 e. The van der Waals surface area contributed by atoms with Crippen LogP contribution in [-0.4, -0.2) is 25.2 Å². The maximum absolute atomic E-state index is 11.8. The molecule has 19 heavy (non-hydrogen) atoms. The predicted octanol–water partition coefficient (Wildman–Crippen LogP) is 3.48. The van der Waals surface area contributed by atoms with E-state index in [9.17, 15) is 9.59 Å². The van der Waals surface area contributed by atoms with Crippen LogP contribution < -0.4 is 0 Å². The van der Waals surface area contributed by atoms with E-state index in [2.05, 4.69) is 6.92 Å². The van der Waals surface area contributed by atoms with Crippen molar-refractivity contribution in [1.82, 2.24) is 0 Å². The molecular formula is C15H28O4. The lowest BCUT2D eigenvalue weighted by Gasteiger charge is -2.20. The van der Waals surface area contributed by atoms with Crippen LogP contribution in [0.15, 0.2) is 0 Å². The van der Waals surface area contributed by atoms with Crippen LogP contribution >= 0.6 is 0 Å². The fourth-order valence-electron chi connectivity index (χ4n) is 1.62. The highest BCUT2D eigenvalue weighted by molar-refractivity contribution is 5.99. The normalized spacial score (nSPS) is 11.2. The summed E-state index contributed by atoms with van der Waals surface area (Å²) in [7, 11) is 0. The topological polar surface area (TPSA) is 52.6 Å². The number of hydrogen-bond acceptors (Lipinski definition) is 4. The number of ether oxygens (including phenoxy) is 2. The van der Waals surface area contributed by atoms with Crippen LogP contribution in [0, 0.1) is 5.41 Å². The van der Waals surface area contributed by atoms with Crippen molar-refractivity contribution in [3.63, 3.8) is 0 Å². The third-order valence-electron chi connectivity index (χ3n) is 3.03. The zero-order valence-corrected chi connectivity index (χ0v) is 12.8. The van der Waals surface area contributed by atoms with Crippen molar-refractivity contribution >= 4 is 11.9 Å². The summed E-state index contributed by atoms with van der Waals surface area (Å²) < 4.78 is 10.0. The minimum atomic E-state index is -1.21. The average molecular weight is 272 g/mol. The molecule has 4 heteroatoms. The molecule has 0 aliphatic rings. The summed E-state index contributed by atoms with van der Waals surface area (Å²) >= 11 is 0. The standard InChI is InChI=1S/C15H28O4/c1-5-7-8-9-10-11-12-19-14(17)15(3,4)13(16)18-6-2/h5-12H2,1-4H3. The van der Waals surface area contributed by atoms with Crippen LogP contribution in [0.2, 0.25) is 0 Å². The lowest BCUT2D eigenvalue weighted by atomic mass is 9.94. The minimum Gasteiger partial charge on any atom is -0.465 e. The molecule has 0 aromatic carbocycles. The van der Waals surface area contributed by atoms with Crippen LogP contribution in [-0.2, 0) is 19.1 Å². The Morgan fingerprint density at radius 2 is 1.37 bits per heavy atom. The highest BCUT2D eigenvalue weighted by atomic mass is 16.6. The number of rotatable bonds is 10. The molecule has 0 N–H and O–H groups in total. The van der Waals surface area contributed by atoms with Gasteiger partial charge in [-0.25, -0.2) is 0 Å². The lowest BCUT2D eigenvalue weighted by molar-refractivity contribution is -0.169. The van der Waals surface area contributed by atoms with E-state index < -0.39 is 17.4 Å². The van der Waals surface area contributed by atoms with Crippen molar-refractivity contribution < 1.29 is 19.1 Å². The second-order valence-corrected chi connectivity index (χ2v) is 5.25. The Balaban J connectivity index is 3.81. The van der Waals surface area contributed by atoms with Gasteiger partial charge in [-0.05, 0) is 27.2 Å². The van der Waals surface area contributed by atoms with Gasteiger partial charge in [-0.3, -0.25) is 9.59 Å². The lowest BCUT2D eigenvalue weighted by Crippen LogP contribution is -2.36. The first kappa shape index (κ1) is 17.9. The van der Waals surface area contributed by atoms with Crippen LogP contribution in [0.4, 0.5) is 0 Å². The Morgan fingerprint density at radius 1 is 0.842 bits per heavy atom. The third kappa shape index (κ3) is 7.19. The van der Waals surface area contributed by atoms with Gasteiger partial charge < -0.3 is 9.47 Å². The Morgan fingerprint density at radius 3 is 1.95 bits per heavy atom. The Hall–Kier alpha value is -1.06. The van der Waals surface area contributed by atoms with Crippen molar-refractivity contribution in [3.8, 4) is 0 Å². The summed E-state index contributed by atoms with van der Waals surface area (Å²) in [6.07, 6.45) is 6.81. The monoisotopic (exact) mass is 272 g/mol. The van der Waals surface area contributed by atoms with E-state index in [1.54, 1.807) is 6.92 Å².